The van der Waals surface area contributed by atoms with Gasteiger partial charge in [-0.05, 0) is 70.2 Å². The molecule has 3 nitrogen and oxygen atoms in total. The van der Waals surface area contributed by atoms with Gasteiger partial charge in [0.15, 0.2) is 0 Å². The van der Waals surface area contributed by atoms with Gasteiger partial charge < -0.3 is 0 Å². The molecular formula is C25H27N3. The predicted octanol–water partition coefficient (Wildman–Crippen LogP) is 5.76. The monoisotopic (exact) mass is 369 g/mol. The quantitative estimate of drug-likeness (QED) is 0.673. The van der Waals surface area contributed by atoms with Gasteiger partial charge in [0.05, 0.1) is 35.0 Å². The molecule has 0 unspecified atom stereocenters. The van der Waals surface area contributed by atoms with Crippen LogP contribution in [0.15, 0.2) is 36.4 Å². The molecule has 1 atom stereocenters. The van der Waals surface area contributed by atoms with Crippen molar-refractivity contribution < 1.29 is 0 Å². The summed E-state index contributed by atoms with van der Waals surface area (Å²) in [5, 5.41) is 28.8. The fourth-order valence-electron chi connectivity index (χ4n) is 3.32. The van der Waals surface area contributed by atoms with E-state index in [4.69, 9.17) is 0 Å². The number of benzene rings is 2. The maximum absolute atomic E-state index is 9.86. The van der Waals surface area contributed by atoms with Crippen LogP contribution in [-0.2, 0) is 17.3 Å². The summed E-state index contributed by atoms with van der Waals surface area (Å²) < 4.78 is 0. The van der Waals surface area contributed by atoms with E-state index in [2.05, 4.69) is 24.3 Å². The number of rotatable bonds is 5. The standard InChI is InChI=1S/C25H27N3/c1-17-7-19(12-22(9-17)24(3,4)15-27)11-21(14-26)20-8-18(2)10-23(13-20)25(5,6)16-28/h7-10,12-13,21H,11H2,1-6H3/t21-/m0/s1. The van der Waals surface area contributed by atoms with Crippen LogP contribution in [0.5, 0.6) is 0 Å². The highest BCUT2D eigenvalue weighted by Gasteiger charge is 2.24. The lowest BCUT2D eigenvalue weighted by Gasteiger charge is -2.21. The van der Waals surface area contributed by atoms with E-state index < -0.39 is 10.8 Å². The summed E-state index contributed by atoms with van der Waals surface area (Å²) in [4.78, 5) is 0. The third-order valence-electron chi connectivity index (χ3n) is 5.24. The Morgan fingerprint density at radius 2 is 1.25 bits per heavy atom. The summed E-state index contributed by atoms with van der Waals surface area (Å²) in [6.07, 6.45) is 0.572. The van der Waals surface area contributed by atoms with Crippen molar-refractivity contribution in [2.45, 2.75) is 64.7 Å². The molecule has 2 rings (SSSR count). The maximum atomic E-state index is 9.86. The van der Waals surface area contributed by atoms with E-state index in [0.29, 0.717) is 6.42 Å². The molecule has 28 heavy (non-hydrogen) atoms. The zero-order chi connectivity index (χ0) is 21.1. The Labute approximate surface area is 168 Å². The van der Waals surface area contributed by atoms with Crippen molar-refractivity contribution in [2.24, 2.45) is 0 Å². The van der Waals surface area contributed by atoms with E-state index in [0.717, 1.165) is 33.4 Å². The molecule has 0 radical (unpaired) electrons. The first-order valence-corrected chi connectivity index (χ1v) is 9.47. The van der Waals surface area contributed by atoms with Gasteiger partial charge in [-0.3, -0.25) is 0 Å². The van der Waals surface area contributed by atoms with Crippen molar-refractivity contribution in [2.75, 3.05) is 0 Å². The average Bonchev–Trinajstić information content (AvgIpc) is 2.65. The van der Waals surface area contributed by atoms with Gasteiger partial charge in [0, 0.05) is 0 Å². The Kier molecular flexibility index (Phi) is 5.97. The number of hydrogen-bond donors (Lipinski definition) is 0. The summed E-state index contributed by atoms with van der Waals surface area (Å²) in [5.74, 6) is -0.312. The van der Waals surface area contributed by atoms with Crippen molar-refractivity contribution in [1.82, 2.24) is 0 Å². The molecule has 0 aliphatic carbocycles. The van der Waals surface area contributed by atoms with E-state index in [1.807, 2.05) is 71.9 Å². The number of nitrogens with zero attached hydrogens (tertiary/aromatic N) is 3. The van der Waals surface area contributed by atoms with Crippen LogP contribution in [0, 0.1) is 47.8 Å². The second-order valence-electron chi connectivity index (χ2n) is 8.70. The summed E-state index contributed by atoms with van der Waals surface area (Å²) in [5.41, 5.74) is 4.84. The molecule has 0 N–H and O–H groups in total. The molecule has 0 bridgehead atoms. The third-order valence-corrected chi connectivity index (χ3v) is 5.24. The molecule has 142 valence electrons. The highest BCUT2D eigenvalue weighted by Crippen LogP contribution is 2.31. The van der Waals surface area contributed by atoms with Crippen LogP contribution in [0.4, 0.5) is 0 Å². The zero-order valence-corrected chi connectivity index (χ0v) is 17.6. The Morgan fingerprint density at radius 1 is 0.750 bits per heavy atom. The first-order valence-electron chi connectivity index (χ1n) is 9.47. The number of aryl methyl sites for hydroxylation is 2. The highest BCUT2D eigenvalue weighted by molar-refractivity contribution is 5.42. The van der Waals surface area contributed by atoms with Crippen molar-refractivity contribution in [3.63, 3.8) is 0 Å². The Hall–Kier alpha value is -3.09. The molecule has 0 fully saturated rings. The summed E-state index contributed by atoms with van der Waals surface area (Å²) >= 11 is 0. The molecule has 3 heteroatoms. The normalized spacial score (nSPS) is 12.5. The van der Waals surface area contributed by atoms with Gasteiger partial charge in [-0.2, -0.15) is 15.8 Å². The van der Waals surface area contributed by atoms with Crippen molar-refractivity contribution >= 4 is 0 Å². The lowest BCUT2D eigenvalue weighted by atomic mass is 9.81. The van der Waals surface area contributed by atoms with Gasteiger partial charge in [-0.15, -0.1) is 0 Å². The topological polar surface area (TPSA) is 71.4 Å². The van der Waals surface area contributed by atoms with Crippen LogP contribution in [0.25, 0.3) is 0 Å². The van der Waals surface area contributed by atoms with Crippen LogP contribution in [0.2, 0.25) is 0 Å². The molecule has 0 spiro atoms. The van der Waals surface area contributed by atoms with Gasteiger partial charge in [0.25, 0.3) is 0 Å². The minimum absolute atomic E-state index is 0.312. The van der Waals surface area contributed by atoms with E-state index in [1.165, 1.54) is 0 Å². The Balaban J connectivity index is 2.46. The number of nitriles is 3. The van der Waals surface area contributed by atoms with Crippen LogP contribution in [0.1, 0.15) is 67.0 Å². The first-order chi connectivity index (χ1) is 13.0. The fraction of sp³-hybridized carbons (Fsp3) is 0.400. The SMILES string of the molecule is Cc1cc(C[C@@H](C#N)c2cc(C)cc(C(C)(C)C#N)c2)cc(C(C)(C)C#N)c1. The number of hydrogen-bond acceptors (Lipinski definition) is 3. The van der Waals surface area contributed by atoms with Gasteiger partial charge in [-0.1, -0.05) is 47.5 Å². The molecule has 2 aromatic rings. The molecule has 0 saturated carbocycles. The lowest BCUT2D eigenvalue weighted by molar-refractivity contribution is 0.680. The minimum atomic E-state index is -0.603. The van der Waals surface area contributed by atoms with Crippen molar-refractivity contribution in [1.29, 1.82) is 15.8 Å². The van der Waals surface area contributed by atoms with Gasteiger partial charge in [0.1, 0.15) is 0 Å². The molecule has 0 aliphatic heterocycles. The summed E-state index contributed by atoms with van der Waals surface area (Å²) in [6, 6.07) is 19.3. The molecule has 0 aliphatic rings. The first kappa shape index (κ1) is 21.2. The fourth-order valence-corrected chi connectivity index (χ4v) is 3.32. The second kappa shape index (κ2) is 7.88. The van der Waals surface area contributed by atoms with Crippen molar-refractivity contribution in [3.8, 4) is 18.2 Å². The highest BCUT2D eigenvalue weighted by atomic mass is 14.4. The molecule has 0 amide bonds. The smallest absolute Gasteiger partial charge is 0.0766 e. The molecule has 2 aromatic carbocycles. The second-order valence-corrected chi connectivity index (χ2v) is 8.70. The zero-order valence-electron chi connectivity index (χ0n) is 17.6. The Bertz CT molecular complexity index is 1010. The van der Waals surface area contributed by atoms with Crippen LogP contribution >= 0.6 is 0 Å². The Morgan fingerprint density at radius 3 is 1.75 bits per heavy atom. The van der Waals surface area contributed by atoms with E-state index in [9.17, 15) is 15.8 Å². The maximum Gasteiger partial charge on any atom is 0.0766 e. The van der Waals surface area contributed by atoms with E-state index in [1.54, 1.807) is 0 Å². The van der Waals surface area contributed by atoms with Gasteiger partial charge in [0.2, 0.25) is 0 Å². The van der Waals surface area contributed by atoms with Crippen LogP contribution < -0.4 is 0 Å². The third kappa shape index (κ3) is 4.60. The van der Waals surface area contributed by atoms with Crippen molar-refractivity contribution in [3.05, 3.63) is 69.8 Å². The van der Waals surface area contributed by atoms with E-state index in [-0.39, 0.29) is 5.92 Å². The minimum Gasteiger partial charge on any atom is -0.198 e. The molecule has 0 saturated heterocycles. The average molecular weight is 370 g/mol. The molecule has 0 aromatic heterocycles. The van der Waals surface area contributed by atoms with Gasteiger partial charge in [-0.25, -0.2) is 0 Å². The largest absolute Gasteiger partial charge is 0.198 e. The van der Waals surface area contributed by atoms with Crippen LogP contribution in [0.3, 0.4) is 0 Å². The molecular weight excluding hydrogens is 342 g/mol. The van der Waals surface area contributed by atoms with E-state index >= 15 is 0 Å². The summed E-state index contributed by atoms with van der Waals surface area (Å²) in [6.45, 7) is 11.6. The lowest BCUT2D eigenvalue weighted by Crippen LogP contribution is -2.16. The molecule has 0 heterocycles. The summed E-state index contributed by atoms with van der Waals surface area (Å²) in [7, 11) is 0. The van der Waals surface area contributed by atoms with Gasteiger partial charge >= 0.3 is 0 Å². The predicted molar refractivity (Wildman–Crippen MR) is 112 cm³/mol. The van der Waals surface area contributed by atoms with Crippen LogP contribution in [-0.4, -0.2) is 0 Å².